The van der Waals surface area contributed by atoms with E-state index in [2.05, 4.69) is 9.80 Å². The number of rotatable bonds is 5. The highest BCUT2D eigenvalue weighted by Gasteiger charge is 2.47. The Morgan fingerprint density at radius 2 is 1.96 bits per heavy atom. The van der Waals surface area contributed by atoms with Crippen LogP contribution in [0.3, 0.4) is 0 Å². The van der Waals surface area contributed by atoms with Gasteiger partial charge in [-0.05, 0) is 56.3 Å². The van der Waals surface area contributed by atoms with Crippen molar-refractivity contribution in [1.29, 1.82) is 0 Å². The molecule has 1 spiro atoms. The molecule has 0 aromatic heterocycles. The Balaban J connectivity index is 1.32. The summed E-state index contributed by atoms with van der Waals surface area (Å²) < 4.78 is 5.49. The number of aliphatic hydroxyl groups is 1. The molecule has 0 aromatic carbocycles. The summed E-state index contributed by atoms with van der Waals surface area (Å²) in [5, 5.41) is 9.43. The van der Waals surface area contributed by atoms with Gasteiger partial charge in [-0.1, -0.05) is 0 Å². The minimum atomic E-state index is -0.240. The van der Waals surface area contributed by atoms with E-state index in [1.807, 2.05) is 7.11 Å². The normalized spacial score (nSPS) is 36.1. The van der Waals surface area contributed by atoms with Crippen molar-refractivity contribution in [3.63, 3.8) is 0 Å². The standard InChI is InChI=1S/C19H32N2O3/c1-24-12-16-10-19(13-21(16)11-14-2-3-14)4-6-20(7-5-19)18(23)15-8-17(22)9-15/h14-17,22H,2-13H2,1H3/t15?,16-,17?/m0/s1. The van der Waals surface area contributed by atoms with Crippen molar-refractivity contribution in [2.45, 2.75) is 57.1 Å². The Morgan fingerprint density at radius 1 is 1.25 bits per heavy atom. The maximum atomic E-state index is 12.5. The number of carbonyl (C=O) groups is 1. The second-order valence-electron chi connectivity index (χ2n) is 8.83. The topological polar surface area (TPSA) is 53.0 Å². The number of likely N-dealkylation sites (tertiary alicyclic amines) is 2. The molecule has 2 saturated heterocycles. The zero-order valence-electron chi connectivity index (χ0n) is 15.0. The zero-order chi connectivity index (χ0) is 16.7. The van der Waals surface area contributed by atoms with E-state index in [9.17, 15) is 9.90 Å². The first-order valence-electron chi connectivity index (χ1n) is 9.78. The molecule has 5 heteroatoms. The Hall–Kier alpha value is -0.650. The number of nitrogens with zero attached hydrogens (tertiary/aromatic N) is 2. The van der Waals surface area contributed by atoms with Crippen LogP contribution in [0.1, 0.15) is 44.9 Å². The molecular formula is C19H32N2O3. The molecule has 4 rings (SSSR count). The third kappa shape index (κ3) is 3.35. The van der Waals surface area contributed by atoms with Gasteiger partial charge in [0.2, 0.25) is 5.91 Å². The summed E-state index contributed by atoms with van der Waals surface area (Å²) in [5.41, 5.74) is 0.397. The summed E-state index contributed by atoms with van der Waals surface area (Å²) in [6.45, 7) is 5.10. The number of hydrogen-bond acceptors (Lipinski definition) is 4. The van der Waals surface area contributed by atoms with Crippen LogP contribution in [0.4, 0.5) is 0 Å². The number of hydrogen-bond donors (Lipinski definition) is 1. The Bertz CT molecular complexity index is 465. The van der Waals surface area contributed by atoms with Crippen molar-refractivity contribution in [2.75, 3.05) is 39.9 Å². The van der Waals surface area contributed by atoms with E-state index in [0.29, 0.717) is 24.3 Å². The highest BCUT2D eigenvalue weighted by Crippen LogP contribution is 2.45. The average Bonchev–Trinajstić information content (AvgIpc) is 3.29. The van der Waals surface area contributed by atoms with Gasteiger partial charge in [0, 0.05) is 45.2 Å². The van der Waals surface area contributed by atoms with Gasteiger partial charge in [-0.25, -0.2) is 0 Å². The number of amides is 1. The quantitative estimate of drug-likeness (QED) is 0.827. The minimum Gasteiger partial charge on any atom is -0.393 e. The van der Waals surface area contributed by atoms with E-state index >= 15 is 0 Å². The monoisotopic (exact) mass is 336 g/mol. The van der Waals surface area contributed by atoms with Gasteiger partial charge in [0.1, 0.15) is 0 Å². The number of piperidine rings is 1. The predicted octanol–water partition coefficient (Wildman–Crippen LogP) is 1.50. The second kappa shape index (κ2) is 6.58. The lowest BCUT2D eigenvalue weighted by Crippen LogP contribution is -2.49. The van der Waals surface area contributed by atoms with E-state index in [1.54, 1.807) is 0 Å². The summed E-state index contributed by atoms with van der Waals surface area (Å²) in [4.78, 5) is 17.2. The molecule has 0 radical (unpaired) electrons. The van der Waals surface area contributed by atoms with Gasteiger partial charge in [-0.15, -0.1) is 0 Å². The summed E-state index contributed by atoms with van der Waals surface area (Å²) in [7, 11) is 1.81. The second-order valence-corrected chi connectivity index (χ2v) is 8.83. The van der Waals surface area contributed by atoms with Gasteiger partial charge in [0.05, 0.1) is 12.7 Å². The molecule has 5 nitrogen and oxygen atoms in total. The van der Waals surface area contributed by atoms with Crippen LogP contribution >= 0.6 is 0 Å². The third-order valence-corrected chi connectivity index (χ3v) is 6.87. The fourth-order valence-electron chi connectivity index (χ4n) is 5.07. The van der Waals surface area contributed by atoms with Gasteiger partial charge >= 0.3 is 0 Å². The van der Waals surface area contributed by atoms with E-state index in [0.717, 1.165) is 38.5 Å². The molecular weight excluding hydrogens is 304 g/mol. The van der Waals surface area contributed by atoms with Crippen LogP contribution in [-0.4, -0.2) is 72.9 Å². The number of ether oxygens (including phenoxy) is 1. The Morgan fingerprint density at radius 3 is 2.54 bits per heavy atom. The molecule has 0 unspecified atom stereocenters. The highest BCUT2D eigenvalue weighted by molar-refractivity contribution is 5.80. The maximum Gasteiger partial charge on any atom is 0.225 e. The van der Waals surface area contributed by atoms with E-state index in [4.69, 9.17) is 4.74 Å². The third-order valence-electron chi connectivity index (χ3n) is 6.87. The van der Waals surface area contributed by atoms with Gasteiger partial charge < -0.3 is 14.7 Å². The molecule has 4 aliphatic rings. The summed E-state index contributed by atoms with van der Waals surface area (Å²) >= 11 is 0. The van der Waals surface area contributed by atoms with Crippen molar-refractivity contribution in [3.8, 4) is 0 Å². The minimum absolute atomic E-state index is 0.0882. The average molecular weight is 336 g/mol. The molecule has 2 saturated carbocycles. The van der Waals surface area contributed by atoms with Gasteiger partial charge in [-0.2, -0.15) is 0 Å². The molecule has 136 valence electrons. The van der Waals surface area contributed by atoms with E-state index in [1.165, 1.54) is 32.4 Å². The van der Waals surface area contributed by atoms with Gasteiger partial charge in [-0.3, -0.25) is 9.69 Å². The van der Waals surface area contributed by atoms with Crippen LogP contribution < -0.4 is 0 Å². The Kier molecular flexibility index (Phi) is 4.61. The van der Waals surface area contributed by atoms with Crippen molar-refractivity contribution in [1.82, 2.24) is 9.80 Å². The van der Waals surface area contributed by atoms with Crippen molar-refractivity contribution >= 4 is 5.91 Å². The van der Waals surface area contributed by atoms with Crippen LogP contribution in [0.15, 0.2) is 0 Å². The molecule has 4 fully saturated rings. The zero-order valence-corrected chi connectivity index (χ0v) is 15.0. The Labute approximate surface area is 145 Å². The number of aliphatic hydroxyl groups excluding tert-OH is 1. The molecule has 0 bridgehead atoms. The van der Waals surface area contributed by atoms with Crippen molar-refractivity contribution in [3.05, 3.63) is 0 Å². The molecule has 1 atom stereocenters. The first-order chi connectivity index (χ1) is 11.6. The van der Waals surface area contributed by atoms with E-state index in [-0.39, 0.29) is 17.9 Å². The van der Waals surface area contributed by atoms with E-state index < -0.39 is 0 Å². The lowest BCUT2D eigenvalue weighted by molar-refractivity contribution is -0.144. The van der Waals surface area contributed by atoms with Gasteiger partial charge in [0.25, 0.3) is 0 Å². The molecule has 1 amide bonds. The largest absolute Gasteiger partial charge is 0.393 e. The lowest BCUT2D eigenvalue weighted by atomic mass is 9.75. The van der Waals surface area contributed by atoms with Crippen molar-refractivity contribution in [2.24, 2.45) is 17.3 Å². The molecule has 2 aliphatic carbocycles. The maximum absolute atomic E-state index is 12.5. The predicted molar refractivity (Wildman–Crippen MR) is 91.6 cm³/mol. The molecule has 24 heavy (non-hydrogen) atoms. The molecule has 2 aliphatic heterocycles. The number of methoxy groups -OCH3 is 1. The van der Waals surface area contributed by atoms with Crippen LogP contribution in [0.25, 0.3) is 0 Å². The summed E-state index contributed by atoms with van der Waals surface area (Å²) in [6.07, 6.45) is 7.41. The fraction of sp³-hybridized carbons (Fsp3) is 0.947. The summed E-state index contributed by atoms with van der Waals surface area (Å²) in [5.74, 6) is 1.30. The lowest BCUT2D eigenvalue weighted by Gasteiger charge is -2.42. The first kappa shape index (κ1) is 16.8. The van der Waals surface area contributed by atoms with Gasteiger partial charge in [0.15, 0.2) is 0 Å². The SMILES string of the molecule is COC[C@@H]1CC2(CCN(C(=O)C3CC(O)C3)CC2)CN1CC1CC1. The molecule has 2 heterocycles. The molecule has 0 aromatic rings. The van der Waals surface area contributed by atoms with Crippen molar-refractivity contribution < 1.29 is 14.6 Å². The van der Waals surface area contributed by atoms with Crippen LogP contribution in [-0.2, 0) is 9.53 Å². The summed E-state index contributed by atoms with van der Waals surface area (Å²) in [6, 6.07) is 0.569. The van der Waals surface area contributed by atoms with Crippen LogP contribution in [0, 0.1) is 17.3 Å². The first-order valence-corrected chi connectivity index (χ1v) is 9.78. The highest BCUT2D eigenvalue weighted by atomic mass is 16.5. The smallest absolute Gasteiger partial charge is 0.225 e. The fourth-order valence-corrected chi connectivity index (χ4v) is 5.07. The van der Waals surface area contributed by atoms with Crippen LogP contribution in [0.2, 0.25) is 0 Å². The number of carbonyl (C=O) groups excluding carboxylic acids is 1. The van der Waals surface area contributed by atoms with Crippen LogP contribution in [0.5, 0.6) is 0 Å². The molecule has 1 N–H and O–H groups in total.